The van der Waals surface area contributed by atoms with E-state index in [2.05, 4.69) is 11.4 Å². The molecule has 0 aliphatic heterocycles. The van der Waals surface area contributed by atoms with Crippen LogP contribution in [0.25, 0.3) is 0 Å². The average molecular weight is 366 g/mol. The first-order valence-corrected chi connectivity index (χ1v) is 8.43. The zero-order valence-corrected chi connectivity index (χ0v) is 15.8. The second-order valence-corrected chi connectivity index (χ2v) is 6.96. The molecule has 27 heavy (non-hydrogen) atoms. The summed E-state index contributed by atoms with van der Waals surface area (Å²) < 4.78 is 11.0. The molecule has 0 aromatic heterocycles. The Morgan fingerprint density at radius 2 is 1.59 bits per heavy atom. The van der Waals surface area contributed by atoms with Gasteiger partial charge in [-0.05, 0) is 32.9 Å². The molecule has 0 saturated heterocycles. The van der Waals surface area contributed by atoms with Gasteiger partial charge in [0.2, 0.25) is 5.72 Å². The summed E-state index contributed by atoms with van der Waals surface area (Å²) in [6.45, 7) is 6.46. The SMILES string of the molecule is CC(=O)OC(NC(=O)OC(C)(C)C)(c1ccccc1)c1cccc(C#N)c1. The van der Waals surface area contributed by atoms with Gasteiger partial charge in [-0.1, -0.05) is 42.5 Å². The Hall–Kier alpha value is -3.33. The number of rotatable bonds is 4. The Morgan fingerprint density at radius 1 is 0.963 bits per heavy atom. The standard InChI is InChI=1S/C21H22N2O4/c1-15(24)26-21(17-10-6-5-7-11-17,23-19(25)27-20(2,3)4)18-12-8-9-16(13-18)14-22/h5-13H,1-4H3,(H,23,25). The van der Waals surface area contributed by atoms with Gasteiger partial charge >= 0.3 is 12.1 Å². The molecule has 0 aliphatic carbocycles. The first kappa shape index (κ1) is 20.0. The van der Waals surface area contributed by atoms with Crippen LogP contribution in [0.4, 0.5) is 4.79 Å². The number of nitrogens with one attached hydrogen (secondary N) is 1. The number of esters is 1. The number of nitriles is 1. The van der Waals surface area contributed by atoms with Crippen LogP contribution in [0, 0.1) is 11.3 Å². The number of carbonyl (C=O) groups excluding carboxylic acids is 2. The average Bonchev–Trinajstić information content (AvgIpc) is 2.60. The Balaban J connectivity index is 2.65. The summed E-state index contributed by atoms with van der Waals surface area (Å²) in [6, 6.07) is 17.3. The van der Waals surface area contributed by atoms with Crippen molar-refractivity contribution in [3.8, 4) is 6.07 Å². The van der Waals surface area contributed by atoms with Gasteiger partial charge in [-0.25, -0.2) is 4.79 Å². The van der Waals surface area contributed by atoms with Crippen molar-refractivity contribution < 1.29 is 19.1 Å². The summed E-state index contributed by atoms with van der Waals surface area (Å²) in [6.07, 6.45) is -0.755. The van der Waals surface area contributed by atoms with Crippen LogP contribution in [-0.4, -0.2) is 17.7 Å². The summed E-state index contributed by atoms with van der Waals surface area (Å²) in [5.41, 5.74) is -1.07. The minimum Gasteiger partial charge on any atom is -0.444 e. The van der Waals surface area contributed by atoms with Crippen LogP contribution in [0.1, 0.15) is 44.4 Å². The molecule has 0 spiro atoms. The molecule has 0 saturated carbocycles. The van der Waals surface area contributed by atoms with E-state index in [1.807, 2.05) is 0 Å². The van der Waals surface area contributed by atoms with Crippen LogP contribution in [0.15, 0.2) is 54.6 Å². The number of benzene rings is 2. The van der Waals surface area contributed by atoms with E-state index in [4.69, 9.17) is 9.47 Å². The van der Waals surface area contributed by atoms with E-state index in [0.717, 1.165) is 0 Å². The summed E-state index contributed by atoms with van der Waals surface area (Å²) >= 11 is 0. The van der Waals surface area contributed by atoms with Crippen molar-refractivity contribution >= 4 is 12.1 Å². The Kier molecular flexibility index (Phi) is 5.86. The Bertz CT molecular complexity index is 866. The van der Waals surface area contributed by atoms with Gasteiger partial charge in [0, 0.05) is 18.1 Å². The maximum atomic E-state index is 12.6. The lowest BCUT2D eigenvalue weighted by molar-refractivity contribution is -0.156. The van der Waals surface area contributed by atoms with E-state index in [9.17, 15) is 14.9 Å². The number of carbonyl (C=O) groups is 2. The van der Waals surface area contributed by atoms with Gasteiger partial charge in [-0.3, -0.25) is 10.1 Å². The normalized spacial score (nSPS) is 13.0. The van der Waals surface area contributed by atoms with Crippen molar-refractivity contribution in [2.75, 3.05) is 0 Å². The second-order valence-electron chi connectivity index (χ2n) is 6.96. The van der Waals surface area contributed by atoms with Crippen LogP contribution < -0.4 is 5.32 Å². The molecule has 140 valence electrons. The molecule has 0 bridgehead atoms. The lowest BCUT2D eigenvalue weighted by atomic mass is 9.93. The fraction of sp³-hybridized carbons (Fsp3) is 0.286. The number of nitrogens with zero attached hydrogens (tertiary/aromatic N) is 1. The molecule has 1 amide bonds. The van der Waals surface area contributed by atoms with Crippen molar-refractivity contribution in [3.63, 3.8) is 0 Å². The third-order valence-electron chi connectivity index (χ3n) is 3.55. The molecule has 0 fully saturated rings. The monoisotopic (exact) mass is 366 g/mol. The smallest absolute Gasteiger partial charge is 0.411 e. The van der Waals surface area contributed by atoms with Gasteiger partial charge in [-0.2, -0.15) is 5.26 Å². The lowest BCUT2D eigenvalue weighted by Gasteiger charge is -2.35. The minimum atomic E-state index is -1.64. The highest BCUT2D eigenvalue weighted by atomic mass is 16.6. The van der Waals surface area contributed by atoms with Gasteiger partial charge in [0.25, 0.3) is 0 Å². The molecule has 1 atom stereocenters. The maximum absolute atomic E-state index is 12.6. The quantitative estimate of drug-likeness (QED) is 0.656. The third kappa shape index (κ3) is 5.08. The highest BCUT2D eigenvalue weighted by molar-refractivity contribution is 5.73. The van der Waals surface area contributed by atoms with E-state index >= 15 is 0 Å². The van der Waals surface area contributed by atoms with Gasteiger partial charge in [0.15, 0.2) is 0 Å². The van der Waals surface area contributed by atoms with Crippen molar-refractivity contribution in [1.29, 1.82) is 5.26 Å². The second kappa shape index (κ2) is 7.92. The van der Waals surface area contributed by atoms with Crippen LogP contribution in [-0.2, 0) is 20.0 Å². The molecule has 1 unspecified atom stereocenters. The maximum Gasteiger partial charge on any atom is 0.411 e. The number of hydrogen-bond acceptors (Lipinski definition) is 5. The fourth-order valence-corrected chi connectivity index (χ4v) is 2.60. The highest BCUT2D eigenvalue weighted by Crippen LogP contribution is 2.32. The topological polar surface area (TPSA) is 88.4 Å². The predicted octanol–water partition coefficient (Wildman–Crippen LogP) is 3.85. The largest absolute Gasteiger partial charge is 0.444 e. The van der Waals surface area contributed by atoms with Crippen LogP contribution in [0.5, 0.6) is 0 Å². The van der Waals surface area contributed by atoms with Gasteiger partial charge in [0.05, 0.1) is 11.6 Å². The number of hydrogen-bond donors (Lipinski definition) is 1. The zero-order valence-electron chi connectivity index (χ0n) is 15.8. The van der Waals surface area contributed by atoms with Crippen LogP contribution in [0.3, 0.4) is 0 Å². The first-order valence-electron chi connectivity index (χ1n) is 8.43. The van der Waals surface area contributed by atoms with Gasteiger partial charge < -0.3 is 9.47 Å². The summed E-state index contributed by atoms with van der Waals surface area (Å²) in [4.78, 5) is 24.5. The third-order valence-corrected chi connectivity index (χ3v) is 3.55. The van der Waals surface area contributed by atoms with E-state index < -0.39 is 23.4 Å². The van der Waals surface area contributed by atoms with Gasteiger partial charge in [-0.15, -0.1) is 0 Å². The molecule has 2 aromatic carbocycles. The molecule has 2 rings (SSSR count). The molecule has 6 heteroatoms. The fourth-order valence-electron chi connectivity index (χ4n) is 2.60. The Labute approximate surface area is 158 Å². The number of ether oxygens (including phenoxy) is 2. The minimum absolute atomic E-state index is 0.367. The molecule has 1 N–H and O–H groups in total. The van der Waals surface area contributed by atoms with E-state index in [1.165, 1.54) is 6.92 Å². The van der Waals surface area contributed by atoms with E-state index in [-0.39, 0.29) is 0 Å². The molecule has 6 nitrogen and oxygen atoms in total. The van der Waals surface area contributed by atoms with Crippen LogP contribution >= 0.6 is 0 Å². The molecule has 0 radical (unpaired) electrons. The summed E-state index contributed by atoms with van der Waals surface area (Å²) in [7, 11) is 0. The molecular formula is C21H22N2O4. The predicted molar refractivity (Wildman–Crippen MR) is 99.5 cm³/mol. The van der Waals surface area contributed by atoms with E-state index in [1.54, 1.807) is 75.4 Å². The van der Waals surface area contributed by atoms with Crippen molar-refractivity contribution in [3.05, 3.63) is 71.3 Å². The molecular weight excluding hydrogens is 344 g/mol. The molecule has 0 aliphatic rings. The lowest BCUT2D eigenvalue weighted by Crippen LogP contribution is -2.51. The van der Waals surface area contributed by atoms with Crippen molar-refractivity contribution in [2.24, 2.45) is 0 Å². The van der Waals surface area contributed by atoms with Crippen LogP contribution in [0.2, 0.25) is 0 Å². The molecule has 0 heterocycles. The first-order chi connectivity index (χ1) is 12.7. The number of amides is 1. The summed E-state index contributed by atoms with van der Waals surface area (Å²) in [5, 5.41) is 11.9. The van der Waals surface area contributed by atoms with E-state index in [0.29, 0.717) is 16.7 Å². The van der Waals surface area contributed by atoms with Gasteiger partial charge in [0.1, 0.15) is 5.60 Å². The van der Waals surface area contributed by atoms with Crippen molar-refractivity contribution in [1.82, 2.24) is 5.32 Å². The van der Waals surface area contributed by atoms with Crippen molar-refractivity contribution in [2.45, 2.75) is 39.0 Å². The Morgan fingerprint density at radius 3 is 2.15 bits per heavy atom. The zero-order chi connectivity index (χ0) is 20.1. The highest BCUT2D eigenvalue weighted by Gasteiger charge is 2.41. The summed E-state index contributed by atoms with van der Waals surface area (Å²) in [5.74, 6) is -0.600. The number of alkyl carbamates (subject to hydrolysis) is 1. The molecule has 2 aromatic rings.